The average molecular weight is 298 g/mol. The lowest BCUT2D eigenvalue weighted by molar-refractivity contribution is 0.0692. The molecule has 0 radical (unpaired) electrons. The maximum Gasteiger partial charge on any atom is 0.336 e. The van der Waals surface area contributed by atoms with Crippen molar-refractivity contribution in [3.05, 3.63) is 65.2 Å². The van der Waals surface area contributed by atoms with E-state index in [1.807, 2.05) is 0 Å². The van der Waals surface area contributed by atoms with Gasteiger partial charge in [-0.05, 0) is 18.2 Å². The zero-order valence-electron chi connectivity index (χ0n) is 11.8. The van der Waals surface area contributed by atoms with Crippen molar-refractivity contribution < 1.29 is 19.5 Å². The Morgan fingerprint density at radius 2 is 1.41 bits per heavy atom. The summed E-state index contributed by atoms with van der Waals surface area (Å²) in [6.07, 6.45) is 0. The normalized spacial score (nSPS) is 9.86. The molecule has 0 aliphatic carbocycles. The molecule has 2 aromatic rings. The summed E-state index contributed by atoms with van der Waals surface area (Å²) in [5.41, 5.74) is 0.523. The molecule has 0 saturated heterocycles. The van der Waals surface area contributed by atoms with Crippen LogP contribution in [0.5, 0.6) is 0 Å². The maximum absolute atomic E-state index is 12.6. The van der Waals surface area contributed by atoms with E-state index in [1.54, 1.807) is 30.3 Å². The van der Waals surface area contributed by atoms with Crippen molar-refractivity contribution in [3.8, 4) is 0 Å². The Labute approximate surface area is 126 Å². The number of hydrogen-bond donors (Lipinski definition) is 3. The van der Waals surface area contributed by atoms with E-state index in [2.05, 4.69) is 10.6 Å². The predicted octanol–water partition coefficient (Wildman–Crippen LogP) is 2.37. The molecular formula is C16H14N2O4. The molecular weight excluding hydrogens is 284 g/mol. The third kappa shape index (κ3) is 3.12. The van der Waals surface area contributed by atoms with Gasteiger partial charge in [-0.15, -0.1) is 0 Å². The number of nitrogens with one attached hydrogen (secondary N) is 2. The van der Waals surface area contributed by atoms with Gasteiger partial charge in [0.25, 0.3) is 0 Å². The SMILES string of the molecule is CNC(=O)Nc1ccccc1C(=O)c1ccccc1C(=O)O. The number of rotatable bonds is 4. The molecule has 0 atom stereocenters. The molecule has 0 unspecified atom stereocenters. The monoisotopic (exact) mass is 298 g/mol. The Morgan fingerprint density at radius 3 is 2.00 bits per heavy atom. The van der Waals surface area contributed by atoms with Gasteiger partial charge in [0.15, 0.2) is 5.78 Å². The quantitative estimate of drug-likeness (QED) is 0.755. The van der Waals surface area contributed by atoms with Crippen LogP contribution in [-0.2, 0) is 0 Å². The van der Waals surface area contributed by atoms with Crippen molar-refractivity contribution in [3.63, 3.8) is 0 Å². The summed E-state index contributed by atoms with van der Waals surface area (Å²) in [6.45, 7) is 0. The van der Waals surface area contributed by atoms with Gasteiger partial charge in [0.2, 0.25) is 0 Å². The first-order valence-electron chi connectivity index (χ1n) is 6.49. The van der Waals surface area contributed by atoms with Crippen LogP contribution in [0, 0.1) is 0 Å². The topological polar surface area (TPSA) is 95.5 Å². The summed E-state index contributed by atoms with van der Waals surface area (Å²) >= 11 is 0. The molecule has 2 aromatic carbocycles. The van der Waals surface area contributed by atoms with Gasteiger partial charge in [-0.3, -0.25) is 4.79 Å². The molecule has 22 heavy (non-hydrogen) atoms. The van der Waals surface area contributed by atoms with Crippen LogP contribution >= 0.6 is 0 Å². The number of para-hydroxylation sites is 1. The van der Waals surface area contributed by atoms with Crippen molar-refractivity contribution in [1.29, 1.82) is 0 Å². The minimum absolute atomic E-state index is 0.0705. The van der Waals surface area contributed by atoms with Gasteiger partial charge in [0, 0.05) is 18.2 Å². The second kappa shape index (κ2) is 6.53. The number of carboxylic acids is 1. The molecule has 6 nitrogen and oxygen atoms in total. The number of hydrogen-bond acceptors (Lipinski definition) is 3. The van der Waals surface area contributed by atoms with E-state index in [9.17, 15) is 19.5 Å². The zero-order valence-corrected chi connectivity index (χ0v) is 11.8. The lowest BCUT2D eigenvalue weighted by atomic mass is 9.97. The second-order valence-corrected chi connectivity index (χ2v) is 4.43. The summed E-state index contributed by atoms with van der Waals surface area (Å²) < 4.78 is 0. The fourth-order valence-corrected chi connectivity index (χ4v) is 1.99. The number of benzene rings is 2. The molecule has 6 heteroatoms. The van der Waals surface area contributed by atoms with E-state index >= 15 is 0 Å². The minimum Gasteiger partial charge on any atom is -0.478 e. The number of amides is 2. The molecule has 112 valence electrons. The highest BCUT2D eigenvalue weighted by Crippen LogP contribution is 2.21. The Bertz CT molecular complexity index is 740. The van der Waals surface area contributed by atoms with Crippen LogP contribution in [0.2, 0.25) is 0 Å². The number of carbonyl (C=O) groups is 3. The third-order valence-electron chi connectivity index (χ3n) is 3.05. The van der Waals surface area contributed by atoms with Gasteiger partial charge in [-0.1, -0.05) is 30.3 Å². The molecule has 0 spiro atoms. The van der Waals surface area contributed by atoms with Gasteiger partial charge in [-0.25, -0.2) is 9.59 Å². The smallest absolute Gasteiger partial charge is 0.336 e. The van der Waals surface area contributed by atoms with Crippen LogP contribution in [0.1, 0.15) is 26.3 Å². The van der Waals surface area contributed by atoms with Crippen LogP contribution in [-0.4, -0.2) is 29.9 Å². The van der Waals surface area contributed by atoms with Crippen molar-refractivity contribution >= 4 is 23.5 Å². The first kappa shape index (κ1) is 15.2. The van der Waals surface area contributed by atoms with Gasteiger partial charge in [-0.2, -0.15) is 0 Å². The lowest BCUT2D eigenvalue weighted by Crippen LogP contribution is -2.25. The summed E-state index contributed by atoms with van der Waals surface area (Å²) in [5, 5.41) is 14.1. The number of carboxylic acid groups (broad SMARTS) is 1. The number of urea groups is 1. The minimum atomic E-state index is -1.18. The predicted molar refractivity (Wildman–Crippen MR) is 81.4 cm³/mol. The van der Waals surface area contributed by atoms with Crippen LogP contribution in [0.25, 0.3) is 0 Å². The molecule has 0 aliphatic rings. The van der Waals surface area contributed by atoms with Crippen LogP contribution in [0.4, 0.5) is 10.5 Å². The van der Waals surface area contributed by atoms with Gasteiger partial charge in [0.05, 0.1) is 11.3 Å². The fraction of sp³-hybridized carbons (Fsp3) is 0.0625. The fourth-order valence-electron chi connectivity index (χ4n) is 1.99. The molecule has 3 N–H and O–H groups in total. The molecule has 2 amide bonds. The summed E-state index contributed by atoms with van der Waals surface area (Å²) in [6, 6.07) is 11.9. The number of anilines is 1. The second-order valence-electron chi connectivity index (χ2n) is 4.43. The Balaban J connectivity index is 2.47. The van der Waals surface area contributed by atoms with E-state index in [-0.39, 0.29) is 16.7 Å². The number of carbonyl (C=O) groups excluding carboxylic acids is 2. The Morgan fingerprint density at radius 1 is 0.864 bits per heavy atom. The standard InChI is InChI=1S/C16H14N2O4/c1-17-16(22)18-13-9-5-4-8-12(13)14(19)10-6-2-3-7-11(10)15(20)21/h2-9H,1H3,(H,20,21)(H2,17,18,22). The highest BCUT2D eigenvalue weighted by molar-refractivity contribution is 6.17. The van der Waals surface area contributed by atoms with Crippen molar-refractivity contribution in [2.45, 2.75) is 0 Å². The molecule has 0 aliphatic heterocycles. The summed E-state index contributed by atoms with van der Waals surface area (Å²) in [5.74, 6) is -1.65. The maximum atomic E-state index is 12.6. The van der Waals surface area contributed by atoms with E-state index in [0.29, 0.717) is 5.69 Å². The molecule has 0 heterocycles. The Hall–Kier alpha value is -3.15. The molecule has 2 rings (SSSR count). The number of aromatic carboxylic acids is 1. The van der Waals surface area contributed by atoms with E-state index < -0.39 is 17.8 Å². The van der Waals surface area contributed by atoms with Crippen LogP contribution in [0.3, 0.4) is 0 Å². The van der Waals surface area contributed by atoms with Crippen LogP contribution in [0.15, 0.2) is 48.5 Å². The van der Waals surface area contributed by atoms with Crippen molar-refractivity contribution in [1.82, 2.24) is 5.32 Å². The van der Waals surface area contributed by atoms with Crippen LogP contribution < -0.4 is 10.6 Å². The van der Waals surface area contributed by atoms with E-state index in [4.69, 9.17) is 0 Å². The number of ketones is 1. The van der Waals surface area contributed by atoms with Crippen molar-refractivity contribution in [2.24, 2.45) is 0 Å². The Kier molecular flexibility index (Phi) is 4.53. The molecule has 0 saturated carbocycles. The zero-order chi connectivity index (χ0) is 16.1. The molecule has 0 fully saturated rings. The third-order valence-corrected chi connectivity index (χ3v) is 3.05. The summed E-state index contributed by atoms with van der Waals surface area (Å²) in [7, 11) is 1.46. The first-order valence-corrected chi connectivity index (χ1v) is 6.49. The lowest BCUT2D eigenvalue weighted by Gasteiger charge is -2.11. The first-order chi connectivity index (χ1) is 10.5. The van der Waals surface area contributed by atoms with Gasteiger partial charge in [0.1, 0.15) is 0 Å². The van der Waals surface area contributed by atoms with Crippen molar-refractivity contribution in [2.75, 3.05) is 12.4 Å². The largest absolute Gasteiger partial charge is 0.478 e. The summed E-state index contributed by atoms with van der Waals surface area (Å²) in [4.78, 5) is 35.3. The highest BCUT2D eigenvalue weighted by Gasteiger charge is 2.20. The highest BCUT2D eigenvalue weighted by atomic mass is 16.4. The van der Waals surface area contributed by atoms with E-state index in [0.717, 1.165) is 0 Å². The van der Waals surface area contributed by atoms with Gasteiger partial charge >= 0.3 is 12.0 Å². The van der Waals surface area contributed by atoms with E-state index in [1.165, 1.54) is 25.2 Å². The molecule has 0 aromatic heterocycles. The average Bonchev–Trinajstić information content (AvgIpc) is 2.54. The van der Waals surface area contributed by atoms with Gasteiger partial charge < -0.3 is 15.7 Å². The molecule has 0 bridgehead atoms.